The summed E-state index contributed by atoms with van der Waals surface area (Å²) in [5.41, 5.74) is 0. The van der Waals surface area contributed by atoms with Crippen molar-refractivity contribution in [2.45, 2.75) is 0 Å². The van der Waals surface area contributed by atoms with E-state index in [1.165, 1.54) is 0 Å². The zero-order valence-electron chi connectivity index (χ0n) is 2.62. The summed E-state index contributed by atoms with van der Waals surface area (Å²) in [4.78, 5) is 8.56. The average Bonchev–Trinajstić information content (AvgIpc) is 0.811. The zero-order chi connectivity index (χ0) is 3.58. The van der Waals surface area contributed by atoms with Gasteiger partial charge < -0.3 is 10.2 Å². The van der Waals surface area contributed by atoms with Crippen LogP contribution in [0.2, 0.25) is 0 Å². The fraction of sp³-hybridized carbons (Fsp3) is 0. The van der Waals surface area contributed by atoms with E-state index in [1.54, 1.807) is 0 Å². The van der Waals surface area contributed by atoms with E-state index in [1.807, 2.05) is 0 Å². The van der Waals surface area contributed by atoms with E-state index >= 15 is 0 Å². The molecule has 9 heavy (non-hydrogen) atoms. The molecule has 8 heteroatoms. The van der Waals surface area contributed by atoms with E-state index in [2.05, 4.69) is 0 Å². The molecule has 0 saturated carbocycles. The number of carboxylic acid groups (broad SMARTS) is 2. The maximum absolute atomic E-state index is 8.56. The van der Waals surface area contributed by atoms with Gasteiger partial charge in [0, 0.05) is 0 Å². The van der Waals surface area contributed by atoms with Gasteiger partial charge in [0.15, 0.2) is 0 Å². The van der Waals surface area contributed by atoms with E-state index in [-0.39, 0.29) is 156 Å². The molecule has 0 bridgehead atoms. The quantitative estimate of drug-likeness (QED) is 0.357. The van der Waals surface area contributed by atoms with Crippen LogP contribution in [0.1, 0.15) is 0 Å². The molecule has 0 spiro atoms. The van der Waals surface area contributed by atoms with Gasteiger partial charge in [-0.15, -0.1) is 0 Å². The Bertz CT molecular complexity index is 40.0. The normalized spacial score (nSPS) is 2.67. The van der Waals surface area contributed by atoms with Crippen LogP contribution >= 0.6 is 0 Å². The second-order valence-electron chi connectivity index (χ2n) is 0.283. The Balaban J connectivity index is -0.00000000450. The number of rotatable bonds is 0. The van der Waals surface area contributed by atoms with Crippen LogP contribution in [0.25, 0.3) is 0 Å². The van der Waals surface area contributed by atoms with E-state index < -0.39 is 6.16 Å². The Morgan fingerprint density at radius 1 is 0.889 bits per heavy atom. The van der Waals surface area contributed by atoms with Gasteiger partial charge in [-0.1, -0.05) is 0 Å². The average molecular weight is 520 g/mol. The molecular formula is CH10Ba3F2O3. The van der Waals surface area contributed by atoms with Crippen molar-refractivity contribution in [3.05, 3.63) is 0 Å². The molecule has 0 fully saturated rings. The van der Waals surface area contributed by atoms with E-state index in [0.717, 1.165) is 0 Å². The Kier molecular flexibility index (Phi) is 127. The van der Waals surface area contributed by atoms with Crippen molar-refractivity contribution in [2.24, 2.45) is 0 Å². The van der Waals surface area contributed by atoms with Gasteiger partial charge in [0.1, 0.15) is 0 Å². The van der Waals surface area contributed by atoms with Crippen LogP contribution in [0.4, 0.5) is 14.2 Å². The number of hydrogen-bond donors (Lipinski definition) is 2. The van der Waals surface area contributed by atoms with Crippen LogP contribution in [0.5, 0.6) is 0 Å². The van der Waals surface area contributed by atoms with Crippen molar-refractivity contribution in [2.75, 3.05) is 0 Å². The molecule has 2 N–H and O–H groups in total. The fourth-order valence-corrected chi connectivity index (χ4v) is 0. The first kappa shape index (κ1) is 38.5. The summed E-state index contributed by atoms with van der Waals surface area (Å²) in [6.07, 6.45) is -1.83. The molecule has 0 aliphatic carbocycles. The molecule has 0 aromatic heterocycles. The van der Waals surface area contributed by atoms with E-state index in [9.17, 15) is 0 Å². The Labute approximate surface area is 172 Å². The first-order valence-corrected chi connectivity index (χ1v) is 0.651. The molecule has 0 radical (unpaired) electrons. The SMILES string of the molecule is F.F.O=C(O)O.[BaH2].[BaH2].[BaH2]. The molecule has 0 amide bonds. The molecule has 3 nitrogen and oxygen atoms in total. The first-order valence-electron chi connectivity index (χ1n) is 0.651. The standard InChI is InChI=1S/CH2O3.3Ba.2FH.6H/c2-1(3)4;;;;;;;;;;;/h(H2,2,3,4);;;;2*1H;;;;;;. The Morgan fingerprint density at radius 3 is 0.889 bits per heavy atom. The van der Waals surface area contributed by atoms with Gasteiger partial charge in [0.25, 0.3) is 0 Å². The predicted octanol–water partition coefficient (Wildman–Crippen LogP) is -2.22. The van der Waals surface area contributed by atoms with Gasteiger partial charge >= 0.3 is 153 Å². The van der Waals surface area contributed by atoms with Crippen LogP contribution in [0.3, 0.4) is 0 Å². The van der Waals surface area contributed by atoms with Crippen LogP contribution in [-0.2, 0) is 0 Å². The third-order valence-corrected chi connectivity index (χ3v) is 0. The van der Waals surface area contributed by atoms with Crippen molar-refractivity contribution in [3.8, 4) is 0 Å². The Hall–Kier alpha value is 3.84. The van der Waals surface area contributed by atoms with Crippen LogP contribution in [-0.4, -0.2) is 163 Å². The maximum atomic E-state index is 8.56. The monoisotopic (exact) mass is 522 g/mol. The molecule has 0 aliphatic rings. The third kappa shape index (κ3) is 77.7. The summed E-state index contributed by atoms with van der Waals surface area (Å²) >= 11 is 0. The van der Waals surface area contributed by atoms with Gasteiger partial charge in [-0.05, 0) is 0 Å². The summed E-state index contributed by atoms with van der Waals surface area (Å²) in [6.45, 7) is 0. The van der Waals surface area contributed by atoms with Gasteiger partial charge in [-0.3, -0.25) is 9.41 Å². The minimum atomic E-state index is -1.83. The minimum absolute atomic E-state index is 0. The molecule has 0 unspecified atom stereocenters. The number of hydrogen-bond acceptors (Lipinski definition) is 1. The molecular weight excluding hydrogens is 510 g/mol. The molecule has 0 aromatic rings. The molecule has 0 atom stereocenters. The second kappa shape index (κ2) is 29.7. The first-order chi connectivity index (χ1) is 1.73. The summed E-state index contributed by atoms with van der Waals surface area (Å²) in [7, 11) is 0. The number of carbonyl (C=O) groups is 1. The van der Waals surface area contributed by atoms with Crippen LogP contribution in [0.15, 0.2) is 0 Å². The van der Waals surface area contributed by atoms with E-state index in [4.69, 9.17) is 15.0 Å². The predicted molar refractivity (Wildman–Crippen MR) is 41.3 cm³/mol. The second-order valence-corrected chi connectivity index (χ2v) is 0.283. The zero-order valence-corrected chi connectivity index (χ0v) is 2.62. The molecule has 52 valence electrons. The van der Waals surface area contributed by atoms with Crippen molar-refractivity contribution < 1.29 is 24.4 Å². The molecule has 0 aromatic carbocycles. The van der Waals surface area contributed by atoms with Crippen molar-refractivity contribution >= 4 is 153 Å². The molecule has 0 saturated heterocycles. The summed E-state index contributed by atoms with van der Waals surface area (Å²) in [5.74, 6) is 0. The fourth-order valence-electron chi connectivity index (χ4n) is 0. The van der Waals surface area contributed by atoms with Crippen LogP contribution in [0, 0.1) is 0 Å². The van der Waals surface area contributed by atoms with Gasteiger partial charge in [0.2, 0.25) is 0 Å². The summed E-state index contributed by atoms with van der Waals surface area (Å²) in [6, 6.07) is 0. The van der Waals surface area contributed by atoms with Gasteiger partial charge in [0.05, 0.1) is 0 Å². The van der Waals surface area contributed by atoms with Crippen molar-refractivity contribution in [1.82, 2.24) is 0 Å². The van der Waals surface area contributed by atoms with Crippen molar-refractivity contribution in [1.29, 1.82) is 0 Å². The number of halogens is 2. The Morgan fingerprint density at radius 2 is 0.889 bits per heavy atom. The summed E-state index contributed by atoms with van der Waals surface area (Å²) < 4.78 is 0. The van der Waals surface area contributed by atoms with Gasteiger partial charge in [-0.2, -0.15) is 0 Å². The molecule has 0 aliphatic heterocycles. The molecule has 0 rings (SSSR count). The van der Waals surface area contributed by atoms with Crippen molar-refractivity contribution in [3.63, 3.8) is 0 Å². The van der Waals surface area contributed by atoms with Gasteiger partial charge in [-0.25, -0.2) is 4.79 Å². The van der Waals surface area contributed by atoms with Crippen LogP contribution < -0.4 is 0 Å². The summed E-state index contributed by atoms with van der Waals surface area (Å²) in [5, 5.41) is 13.9. The topological polar surface area (TPSA) is 57.5 Å². The third-order valence-electron chi connectivity index (χ3n) is 0. The van der Waals surface area contributed by atoms with E-state index in [0.29, 0.717) is 0 Å². The molecule has 0 heterocycles.